The predicted octanol–water partition coefficient (Wildman–Crippen LogP) is 3.97. The molecule has 7 heteroatoms. The lowest BCUT2D eigenvalue weighted by Gasteiger charge is -2.10. The Hall–Kier alpha value is -1.89. The zero-order chi connectivity index (χ0) is 14.8. The summed E-state index contributed by atoms with van der Waals surface area (Å²) in [7, 11) is 0. The van der Waals surface area contributed by atoms with E-state index in [-0.39, 0.29) is 5.56 Å². The van der Waals surface area contributed by atoms with Crippen molar-refractivity contribution in [1.29, 1.82) is 0 Å². The van der Waals surface area contributed by atoms with E-state index in [9.17, 15) is 18.0 Å². The first-order valence-electron chi connectivity index (χ1n) is 5.36. The monoisotopic (exact) mass is 345 g/mol. The number of benzene rings is 1. The van der Waals surface area contributed by atoms with E-state index < -0.39 is 17.9 Å². The number of hydrogen-bond acceptors (Lipinski definition) is 3. The van der Waals surface area contributed by atoms with Crippen LogP contribution < -0.4 is 4.74 Å². The number of hydrogen-bond donors (Lipinski definition) is 0. The summed E-state index contributed by atoms with van der Waals surface area (Å²) in [4.78, 5) is 15.9. The molecule has 1 heterocycles. The average molecular weight is 346 g/mol. The molecule has 0 aliphatic rings. The number of carbonyl (C=O) groups excluding carboxylic acids is 1. The number of alkyl halides is 3. The Bertz CT molecular complexity index is 629. The van der Waals surface area contributed by atoms with Crippen molar-refractivity contribution >= 4 is 21.7 Å². The third-order valence-corrected chi connectivity index (χ3v) is 2.77. The van der Waals surface area contributed by atoms with Crippen LogP contribution in [0.3, 0.4) is 0 Å². The number of pyridine rings is 1. The summed E-state index contributed by atoms with van der Waals surface area (Å²) in [6.45, 7) is 0. The minimum atomic E-state index is -4.81. The number of carbonyl (C=O) groups is 1. The van der Waals surface area contributed by atoms with Crippen LogP contribution in [0.15, 0.2) is 47.2 Å². The van der Waals surface area contributed by atoms with Gasteiger partial charge < -0.3 is 4.74 Å². The second-order valence-corrected chi connectivity index (χ2v) is 4.70. The van der Waals surface area contributed by atoms with Crippen molar-refractivity contribution in [3.05, 3.63) is 58.3 Å². The molecule has 0 saturated heterocycles. The lowest BCUT2D eigenvalue weighted by atomic mass is 10.0. The topological polar surface area (TPSA) is 39.2 Å². The van der Waals surface area contributed by atoms with Crippen LogP contribution in [0.25, 0.3) is 0 Å². The molecule has 0 aliphatic heterocycles. The van der Waals surface area contributed by atoms with Crippen molar-refractivity contribution in [3.8, 4) is 5.75 Å². The summed E-state index contributed by atoms with van der Waals surface area (Å²) in [5, 5.41) is 0. The highest BCUT2D eigenvalue weighted by Crippen LogP contribution is 2.28. The van der Waals surface area contributed by atoms with E-state index in [1.165, 1.54) is 30.6 Å². The Labute approximate surface area is 120 Å². The Morgan fingerprint density at radius 3 is 2.35 bits per heavy atom. The molecule has 0 radical (unpaired) electrons. The second kappa shape index (κ2) is 5.62. The SMILES string of the molecule is O=C(c1ccncc1)c1cc(Br)cc(OC(F)(F)F)c1. The summed E-state index contributed by atoms with van der Waals surface area (Å²) < 4.78 is 40.7. The van der Waals surface area contributed by atoms with Gasteiger partial charge in [0.15, 0.2) is 5.78 Å². The van der Waals surface area contributed by atoms with Crippen LogP contribution in [0.2, 0.25) is 0 Å². The van der Waals surface area contributed by atoms with E-state index in [2.05, 4.69) is 25.7 Å². The quantitative estimate of drug-likeness (QED) is 0.790. The standard InChI is InChI=1S/C13H7BrF3NO2/c14-10-5-9(6-11(7-10)20-13(15,16)17)12(19)8-1-3-18-4-2-8/h1-7H. The van der Waals surface area contributed by atoms with Crippen LogP contribution in [0.4, 0.5) is 13.2 Å². The molecule has 20 heavy (non-hydrogen) atoms. The van der Waals surface area contributed by atoms with Crippen molar-refractivity contribution in [2.24, 2.45) is 0 Å². The van der Waals surface area contributed by atoms with E-state index in [1.807, 2.05) is 0 Å². The zero-order valence-corrected chi connectivity index (χ0v) is 11.4. The minimum Gasteiger partial charge on any atom is -0.406 e. The van der Waals surface area contributed by atoms with Gasteiger partial charge in [-0.2, -0.15) is 0 Å². The van der Waals surface area contributed by atoms with Crippen molar-refractivity contribution in [3.63, 3.8) is 0 Å². The zero-order valence-electron chi connectivity index (χ0n) is 9.82. The highest BCUT2D eigenvalue weighted by atomic mass is 79.9. The van der Waals surface area contributed by atoms with Gasteiger partial charge in [-0.05, 0) is 30.3 Å². The van der Waals surface area contributed by atoms with Crippen LogP contribution in [0, 0.1) is 0 Å². The molecule has 104 valence electrons. The van der Waals surface area contributed by atoms with E-state index in [0.717, 1.165) is 12.1 Å². The Morgan fingerprint density at radius 2 is 1.75 bits per heavy atom. The largest absolute Gasteiger partial charge is 0.573 e. The molecule has 1 aromatic heterocycles. The highest BCUT2D eigenvalue weighted by molar-refractivity contribution is 9.10. The molecule has 0 atom stereocenters. The maximum Gasteiger partial charge on any atom is 0.573 e. The molecule has 2 aromatic rings. The summed E-state index contributed by atoms with van der Waals surface area (Å²) in [6, 6.07) is 6.56. The van der Waals surface area contributed by atoms with Gasteiger partial charge in [0.05, 0.1) is 0 Å². The average Bonchev–Trinajstić information content (AvgIpc) is 2.36. The van der Waals surface area contributed by atoms with Crippen LogP contribution in [0.1, 0.15) is 15.9 Å². The van der Waals surface area contributed by atoms with Gasteiger partial charge in [-0.3, -0.25) is 9.78 Å². The first-order valence-corrected chi connectivity index (χ1v) is 6.15. The van der Waals surface area contributed by atoms with Crippen molar-refractivity contribution in [2.45, 2.75) is 6.36 Å². The van der Waals surface area contributed by atoms with Crippen LogP contribution >= 0.6 is 15.9 Å². The van der Waals surface area contributed by atoms with Gasteiger partial charge in [-0.15, -0.1) is 13.2 Å². The molecular weight excluding hydrogens is 339 g/mol. The van der Waals surface area contributed by atoms with Gasteiger partial charge in [-0.1, -0.05) is 15.9 Å². The fourth-order valence-corrected chi connectivity index (χ4v) is 2.03. The van der Waals surface area contributed by atoms with Gasteiger partial charge >= 0.3 is 6.36 Å². The molecule has 3 nitrogen and oxygen atoms in total. The molecular formula is C13H7BrF3NO2. The molecule has 0 aliphatic carbocycles. The van der Waals surface area contributed by atoms with Crippen LogP contribution in [0.5, 0.6) is 5.75 Å². The van der Waals surface area contributed by atoms with Crippen LogP contribution in [-0.2, 0) is 0 Å². The van der Waals surface area contributed by atoms with Gasteiger partial charge in [0, 0.05) is 28.0 Å². The van der Waals surface area contributed by atoms with Gasteiger partial charge in [0.25, 0.3) is 0 Å². The minimum absolute atomic E-state index is 0.0878. The van der Waals surface area contributed by atoms with Crippen LogP contribution in [-0.4, -0.2) is 17.1 Å². The molecule has 0 fully saturated rings. The van der Waals surface area contributed by atoms with E-state index in [4.69, 9.17) is 0 Å². The summed E-state index contributed by atoms with van der Waals surface area (Å²) in [5.41, 5.74) is 0.417. The fourth-order valence-electron chi connectivity index (χ4n) is 1.56. The van der Waals surface area contributed by atoms with E-state index in [0.29, 0.717) is 10.0 Å². The van der Waals surface area contributed by atoms with Crippen molar-refractivity contribution < 1.29 is 22.7 Å². The summed E-state index contributed by atoms with van der Waals surface area (Å²) >= 11 is 3.05. The number of rotatable bonds is 3. The third kappa shape index (κ3) is 3.80. The summed E-state index contributed by atoms with van der Waals surface area (Å²) in [5.74, 6) is -0.870. The molecule has 0 spiro atoms. The number of halogens is 4. The fraction of sp³-hybridized carbons (Fsp3) is 0.0769. The predicted molar refractivity (Wildman–Crippen MR) is 68.5 cm³/mol. The number of aromatic nitrogens is 1. The normalized spacial score (nSPS) is 11.2. The molecule has 0 N–H and O–H groups in total. The van der Waals surface area contributed by atoms with E-state index in [1.54, 1.807) is 0 Å². The molecule has 0 unspecified atom stereocenters. The molecule has 1 aromatic carbocycles. The first kappa shape index (κ1) is 14.5. The van der Waals surface area contributed by atoms with Gasteiger partial charge in [0.2, 0.25) is 0 Å². The lowest BCUT2D eigenvalue weighted by Crippen LogP contribution is -2.17. The van der Waals surface area contributed by atoms with Crippen molar-refractivity contribution in [2.75, 3.05) is 0 Å². The summed E-state index contributed by atoms with van der Waals surface area (Å²) in [6.07, 6.45) is -1.95. The second-order valence-electron chi connectivity index (χ2n) is 3.79. The Balaban J connectivity index is 2.35. The number of ether oxygens (including phenoxy) is 1. The third-order valence-electron chi connectivity index (χ3n) is 2.31. The maximum absolute atomic E-state index is 12.2. The number of nitrogens with zero attached hydrogens (tertiary/aromatic N) is 1. The maximum atomic E-state index is 12.2. The molecule has 0 bridgehead atoms. The Morgan fingerprint density at radius 1 is 1.10 bits per heavy atom. The van der Waals surface area contributed by atoms with Crippen molar-refractivity contribution in [1.82, 2.24) is 4.98 Å². The van der Waals surface area contributed by atoms with Gasteiger partial charge in [-0.25, -0.2) is 0 Å². The smallest absolute Gasteiger partial charge is 0.406 e. The van der Waals surface area contributed by atoms with Gasteiger partial charge in [0.1, 0.15) is 5.75 Å². The number of ketones is 1. The first-order chi connectivity index (χ1) is 9.35. The molecule has 0 amide bonds. The van der Waals surface area contributed by atoms with E-state index >= 15 is 0 Å². The Kier molecular flexibility index (Phi) is 4.08. The lowest BCUT2D eigenvalue weighted by molar-refractivity contribution is -0.274. The highest BCUT2D eigenvalue weighted by Gasteiger charge is 2.31. The molecule has 2 rings (SSSR count). The molecule has 0 saturated carbocycles.